The molecule has 2 aliphatic heterocycles. The summed E-state index contributed by atoms with van der Waals surface area (Å²) in [5.41, 5.74) is 3.01. The highest BCUT2D eigenvalue weighted by atomic mass is 16.2. The number of rotatable bonds is 3. The fourth-order valence-corrected chi connectivity index (χ4v) is 4.81. The lowest BCUT2D eigenvalue weighted by atomic mass is 9.87. The van der Waals surface area contributed by atoms with Gasteiger partial charge in [-0.1, -0.05) is 24.3 Å². The van der Waals surface area contributed by atoms with Crippen LogP contribution in [0.4, 0.5) is 5.82 Å². The molecular weight excluding hydrogens is 364 g/mol. The second-order valence-corrected chi connectivity index (χ2v) is 8.41. The Morgan fingerprint density at radius 1 is 1.07 bits per heavy atom. The highest BCUT2D eigenvalue weighted by Gasteiger charge is 2.49. The first-order chi connectivity index (χ1) is 13.9. The molecule has 0 saturated carbocycles. The van der Waals surface area contributed by atoms with Crippen LogP contribution < -0.4 is 4.90 Å². The number of carbonyl (C=O) groups is 2. The number of benzene rings is 1. The molecule has 0 unspecified atom stereocenters. The van der Waals surface area contributed by atoms with E-state index < -0.39 is 0 Å². The maximum Gasteiger partial charge on any atom is 0.255 e. The van der Waals surface area contributed by atoms with Gasteiger partial charge in [-0.15, -0.1) is 0 Å². The number of likely N-dealkylation sites (tertiary alicyclic amines) is 2. The maximum absolute atomic E-state index is 13.1. The zero-order valence-corrected chi connectivity index (χ0v) is 17.5. The number of aryl methyl sites for hydroxylation is 1. The number of amides is 2. The highest BCUT2D eigenvalue weighted by molar-refractivity contribution is 5.94. The molecule has 152 valence electrons. The van der Waals surface area contributed by atoms with Crippen LogP contribution in [0, 0.1) is 18.8 Å². The van der Waals surface area contributed by atoms with Crippen LogP contribution >= 0.6 is 0 Å². The third-order valence-corrected chi connectivity index (χ3v) is 6.32. The zero-order chi connectivity index (χ0) is 20.7. The predicted molar refractivity (Wildman–Crippen MR) is 113 cm³/mol. The van der Waals surface area contributed by atoms with Crippen LogP contribution in [0.25, 0.3) is 0 Å². The molecule has 4 rings (SSSR count). The molecule has 0 radical (unpaired) electrons. The van der Waals surface area contributed by atoms with Crippen molar-refractivity contribution in [1.82, 2.24) is 14.8 Å². The third kappa shape index (κ3) is 3.48. The molecule has 0 bridgehead atoms. The molecule has 2 aromatic rings. The number of aromatic nitrogens is 1. The van der Waals surface area contributed by atoms with Gasteiger partial charge in [-0.3, -0.25) is 9.59 Å². The molecule has 0 spiro atoms. The number of fused-ring (bicyclic) bond motifs is 1. The van der Waals surface area contributed by atoms with E-state index in [1.54, 1.807) is 13.1 Å². The Kier molecular flexibility index (Phi) is 5.03. The van der Waals surface area contributed by atoms with Crippen molar-refractivity contribution in [3.63, 3.8) is 0 Å². The first kappa shape index (κ1) is 19.4. The van der Waals surface area contributed by atoms with Crippen molar-refractivity contribution >= 4 is 17.6 Å². The van der Waals surface area contributed by atoms with Crippen molar-refractivity contribution in [2.75, 3.05) is 38.6 Å². The fourth-order valence-electron chi connectivity index (χ4n) is 4.81. The summed E-state index contributed by atoms with van der Waals surface area (Å²) in [5.74, 6) is 1.53. The summed E-state index contributed by atoms with van der Waals surface area (Å²) < 4.78 is 0. The van der Waals surface area contributed by atoms with Crippen molar-refractivity contribution in [1.29, 1.82) is 0 Å². The summed E-state index contributed by atoms with van der Waals surface area (Å²) in [4.78, 5) is 35.6. The quantitative estimate of drug-likeness (QED) is 0.806. The maximum atomic E-state index is 13.1. The standard InChI is InChI=1S/C23H28N4O2/c1-15-7-5-6-8-19(15)22-20-14-26(12-18(20)13-27(22)16(2)28)23(29)17-9-10-21(24-11-17)25(3)4/h5-11,18,20,22H,12-14H2,1-4H3/t18-,20-,22-/m1/s1. The van der Waals surface area contributed by atoms with Crippen LogP contribution in [0.5, 0.6) is 0 Å². The SMILES string of the molecule is CC(=O)N1C[C@H]2CN(C(=O)c3ccc(N(C)C)nc3)C[C@H]2[C@H]1c1ccccc1C. The van der Waals surface area contributed by atoms with Gasteiger partial charge in [-0.05, 0) is 30.2 Å². The average molecular weight is 393 g/mol. The van der Waals surface area contributed by atoms with Crippen LogP contribution in [0.1, 0.15) is 34.5 Å². The van der Waals surface area contributed by atoms with Gasteiger partial charge in [0.2, 0.25) is 5.91 Å². The molecule has 3 heterocycles. The Hall–Kier alpha value is -2.89. The smallest absolute Gasteiger partial charge is 0.255 e. The molecule has 2 saturated heterocycles. The number of hydrogen-bond donors (Lipinski definition) is 0. The lowest BCUT2D eigenvalue weighted by molar-refractivity contribution is -0.130. The van der Waals surface area contributed by atoms with Crippen molar-refractivity contribution in [2.45, 2.75) is 19.9 Å². The minimum absolute atomic E-state index is 0.0233. The molecule has 1 aromatic heterocycles. The lowest BCUT2D eigenvalue weighted by Crippen LogP contribution is -2.36. The summed E-state index contributed by atoms with van der Waals surface area (Å²) >= 11 is 0. The van der Waals surface area contributed by atoms with Gasteiger partial charge < -0.3 is 14.7 Å². The summed E-state index contributed by atoms with van der Waals surface area (Å²) in [7, 11) is 3.86. The number of pyridine rings is 1. The Bertz CT molecular complexity index is 925. The van der Waals surface area contributed by atoms with Gasteiger partial charge in [-0.25, -0.2) is 4.98 Å². The molecule has 0 aliphatic carbocycles. The molecule has 6 nitrogen and oxygen atoms in total. The Morgan fingerprint density at radius 3 is 2.45 bits per heavy atom. The van der Waals surface area contributed by atoms with Crippen LogP contribution in [0.3, 0.4) is 0 Å². The van der Waals surface area contributed by atoms with Crippen LogP contribution in [-0.4, -0.2) is 60.3 Å². The van der Waals surface area contributed by atoms with E-state index in [9.17, 15) is 9.59 Å². The van der Waals surface area contributed by atoms with E-state index in [2.05, 4.69) is 24.0 Å². The van der Waals surface area contributed by atoms with Gasteiger partial charge in [0.15, 0.2) is 0 Å². The van der Waals surface area contributed by atoms with E-state index >= 15 is 0 Å². The molecule has 6 heteroatoms. The summed E-state index contributed by atoms with van der Waals surface area (Å²) in [6.45, 7) is 5.80. The van der Waals surface area contributed by atoms with Crippen LogP contribution in [-0.2, 0) is 4.79 Å². The Labute approximate surface area is 172 Å². The topological polar surface area (TPSA) is 56.8 Å². The van der Waals surface area contributed by atoms with Gasteiger partial charge >= 0.3 is 0 Å². The Morgan fingerprint density at radius 2 is 1.83 bits per heavy atom. The van der Waals surface area contributed by atoms with Crippen molar-refractivity contribution < 1.29 is 9.59 Å². The first-order valence-electron chi connectivity index (χ1n) is 10.1. The molecule has 3 atom stereocenters. The number of carbonyl (C=O) groups excluding carboxylic acids is 2. The summed E-state index contributed by atoms with van der Waals surface area (Å²) in [6.07, 6.45) is 1.66. The van der Waals surface area contributed by atoms with Gasteiger partial charge in [0.1, 0.15) is 5.82 Å². The normalized spacial score (nSPS) is 23.2. The molecule has 2 aliphatic rings. The van der Waals surface area contributed by atoms with E-state index in [1.165, 1.54) is 11.1 Å². The molecule has 1 aromatic carbocycles. The van der Waals surface area contributed by atoms with E-state index in [-0.39, 0.29) is 23.8 Å². The second kappa shape index (κ2) is 7.50. The number of nitrogens with zero attached hydrogens (tertiary/aromatic N) is 4. The van der Waals surface area contributed by atoms with E-state index in [1.807, 2.05) is 53.1 Å². The van der Waals surface area contributed by atoms with Gasteiger partial charge in [-0.2, -0.15) is 0 Å². The molecule has 0 N–H and O–H groups in total. The average Bonchev–Trinajstić information content (AvgIpc) is 3.26. The Balaban J connectivity index is 1.57. The van der Waals surface area contributed by atoms with Crippen LogP contribution in [0.2, 0.25) is 0 Å². The minimum atomic E-state index is 0.0233. The van der Waals surface area contributed by atoms with Crippen molar-refractivity contribution in [2.24, 2.45) is 11.8 Å². The zero-order valence-electron chi connectivity index (χ0n) is 17.5. The lowest BCUT2D eigenvalue weighted by Gasteiger charge is -2.30. The summed E-state index contributed by atoms with van der Waals surface area (Å²) in [5, 5.41) is 0. The molecular formula is C23H28N4O2. The van der Waals surface area contributed by atoms with Gasteiger partial charge in [0.25, 0.3) is 5.91 Å². The molecule has 29 heavy (non-hydrogen) atoms. The highest BCUT2D eigenvalue weighted by Crippen LogP contribution is 2.46. The van der Waals surface area contributed by atoms with Crippen molar-refractivity contribution in [3.8, 4) is 0 Å². The summed E-state index contributed by atoms with van der Waals surface area (Å²) in [6, 6.07) is 12.0. The van der Waals surface area contributed by atoms with Crippen LogP contribution in [0.15, 0.2) is 42.6 Å². The number of hydrogen-bond acceptors (Lipinski definition) is 4. The van der Waals surface area contributed by atoms with Crippen molar-refractivity contribution in [3.05, 3.63) is 59.3 Å². The largest absolute Gasteiger partial charge is 0.363 e. The van der Waals surface area contributed by atoms with Gasteiger partial charge in [0, 0.05) is 58.7 Å². The monoisotopic (exact) mass is 392 g/mol. The molecule has 2 amide bonds. The predicted octanol–water partition coefficient (Wildman–Crippen LogP) is 2.75. The van der Waals surface area contributed by atoms with E-state index in [4.69, 9.17) is 0 Å². The minimum Gasteiger partial charge on any atom is -0.363 e. The fraction of sp³-hybridized carbons (Fsp3) is 0.435. The number of anilines is 1. The first-order valence-corrected chi connectivity index (χ1v) is 10.1. The van der Waals surface area contributed by atoms with E-state index in [0.29, 0.717) is 31.1 Å². The molecule has 2 fully saturated rings. The van der Waals surface area contributed by atoms with Gasteiger partial charge in [0.05, 0.1) is 11.6 Å². The third-order valence-electron chi connectivity index (χ3n) is 6.32. The second-order valence-electron chi connectivity index (χ2n) is 8.41. The van der Waals surface area contributed by atoms with E-state index in [0.717, 1.165) is 5.82 Å².